The van der Waals surface area contributed by atoms with E-state index in [1.54, 1.807) is 11.3 Å². The van der Waals surface area contributed by atoms with Crippen molar-refractivity contribution in [1.29, 1.82) is 0 Å². The topological polar surface area (TPSA) is 57.3 Å². The minimum atomic E-state index is -0.0779. The second kappa shape index (κ2) is 8.82. The molecule has 2 amide bonds. The molecule has 1 aliphatic heterocycles. The van der Waals surface area contributed by atoms with Gasteiger partial charge < -0.3 is 15.5 Å². The molecule has 152 valence electrons. The summed E-state index contributed by atoms with van der Waals surface area (Å²) in [6.45, 7) is 6.98. The average molecular weight is 409 g/mol. The fourth-order valence-corrected chi connectivity index (χ4v) is 5.32. The van der Waals surface area contributed by atoms with Crippen molar-refractivity contribution in [3.63, 3.8) is 0 Å². The summed E-state index contributed by atoms with van der Waals surface area (Å²) in [6, 6.07) is 12.5. The maximum Gasteiger partial charge on any atom is 0.315 e. The molecule has 0 unspecified atom stereocenters. The molecule has 2 N–H and O–H groups in total. The Morgan fingerprint density at radius 1 is 1.21 bits per heavy atom. The van der Waals surface area contributed by atoms with Crippen LogP contribution in [0.1, 0.15) is 36.2 Å². The zero-order valence-electron chi connectivity index (χ0n) is 17.0. The van der Waals surface area contributed by atoms with E-state index in [-0.39, 0.29) is 12.1 Å². The van der Waals surface area contributed by atoms with Crippen molar-refractivity contribution in [2.24, 2.45) is 5.92 Å². The van der Waals surface area contributed by atoms with Gasteiger partial charge in [-0.1, -0.05) is 18.2 Å². The smallest absolute Gasteiger partial charge is 0.315 e. The lowest BCUT2D eigenvalue weighted by Gasteiger charge is -2.33. The standard InChI is InChI=1S/C23H28N4OS/c1-16-20-5-3-4-6-21(20)29-22(16)17(2)26-23(28)25-15-18-9-13-27(14-10-18)19-7-11-24-12-8-19/h3-8,11-12,17-18H,9-10,13-15H2,1-2H3,(H2,25,26,28)/t17-/m1/s1. The first-order valence-electron chi connectivity index (χ1n) is 10.3. The second-order valence-electron chi connectivity index (χ2n) is 7.80. The molecule has 1 atom stereocenters. The minimum absolute atomic E-state index is 0.000868. The summed E-state index contributed by atoms with van der Waals surface area (Å²) in [5, 5.41) is 7.48. The maximum absolute atomic E-state index is 12.4. The number of nitrogens with zero attached hydrogens (tertiary/aromatic N) is 2. The van der Waals surface area contributed by atoms with E-state index >= 15 is 0 Å². The van der Waals surface area contributed by atoms with Crippen molar-refractivity contribution < 1.29 is 4.79 Å². The highest BCUT2D eigenvalue weighted by Gasteiger charge is 2.21. The molecule has 1 saturated heterocycles. The van der Waals surface area contributed by atoms with Gasteiger partial charge >= 0.3 is 6.03 Å². The van der Waals surface area contributed by atoms with Crippen LogP contribution in [0.25, 0.3) is 10.1 Å². The number of aromatic nitrogens is 1. The minimum Gasteiger partial charge on any atom is -0.371 e. The fraction of sp³-hybridized carbons (Fsp3) is 0.391. The van der Waals surface area contributed by atoms with Gasteiger partial charge in [0.1, 0.15) is 0 Å². The summed E-state index contributed by atoms with van der Waals surface area (Å²) in [5.74, 6) is 0.528. The number of thiophene rings is 1. The molecule has 1 aromatic carbocycles. The van der Waals surface area contributed by atoms with E-state index in [1.165, 1.54) is 26.2 Å². The number of aryl methyl sites for hydroxylation is 1. The summed E-state index contributed by atoms with van der Waals surface area (Å²) < 4.78 is 1.27. The molecular formula is C23H28N4OS. The molecule has 6 heteroatoms. The predicted molar refractivity (Wildman–Crippen MR) is 121 cm³/mol. The first-order valence-corrected chi connectivity index (χ1v) is 11.1. The molecule has 1 fully saturated rings. The van der Waals surface area contributed by atoms with E-state index in [2.05, 4.69) is 70.8 Å². The molecule has 0 radical (unpaired) electrons. The Morgan fingerprint density at radius 3 is 2.66 bits per heavy atom. The Kier molecular flexibility index (Phi) is 6.00. The van der Waals surface area contributed by atoms with Gasteiger partial charge in [0.05, 0.1) is 6.04 Å². The van der Waals surface area contributed by atoms with Gasteiger partial charge in [0, 0.05) is 47.3 Å². The van der Waals surface area contributed by atoms with Gasteiger partial charge in [0.15, 0.2) is 0 Å². The highest BCUT2D eigenvalue weighted by molar-refractivity contribution is 7.19. The SMILES string of the molecule is Cc1c([C@@H](C)NC(=O)NCC2CCN(c3ccncc3)CC2)sc2ccccc12. The van der Waals surface area contributed by atoms with Gasteiger partial charge in [-0.2, -0.15) is 0 Å². The van der Waals surface area contributed by atoms with Gasteiger partial charge in [-0.05, 0) is 61.8 Å². The van der Waals surface area contributed by atoms with Crippen LogP contribution in [0.4, 0.5) is 10.5 Å². The first kappa shape index (κ1) is 19.7. The van der Waals surface area contributed by atoms with Gasteiger partial charge in [-0.25, -0.2) is 4.79 Å². The van der Waals surface area contributed by atoms with Crippen molar-refractivity contribution in [3.8, 4) is 0 Å². The number of anilines is 1. The molecule has 29 heavy (non-hydrogen) atoms. The van der Waals surface area contributed by atoms with Crippen LogP contribution >= 0.6 is 11.3 Å². The summed E-state index contributed by atoms with van der Waals surface area (Å²) in [5.41, 5.74) is 2.50. The number of carbonyl (C=O) groups excluding carboxylic acids is 1. The Morgan fingerprint density at radius 2 is 1.93 bits per heavy atom. The lowest BCUT2D eigenvalue weighted by Crippen LogP contribution is -2.42. The molecule has 2 aromatic heterocycles. The van der Waals surface area contributed by atoms with Crippen LogP contribution in [0.2, 0.25) is 0 Å². The number of hydrogen-bond acceptors (Lipinski definition) is 4. The monoisotopic (exact) mass is 408 g/mol. The van der Waals surface area contributed by atoms with Crippen LogP contribution in [-0.2, 0) is 0 Å². The number of nitrogens with one attached hydrogen (secondary N) is 2. The zero-order chi connectivity index (χ0) is 20.2. The normalized spacial score (nSPS) is 16.0. The molecule has 5 nitrogen and oxygen atoms in total. The quantitative estimate of drug-likeness (QED) is 0.632. The zero-order valence-corrected chi connectivity index (χ0v) is 17.8. The van der Waals surface area contributed by atoms with Crippen LogP contribution in [-0.4, -0.2) is 30.6 Å². The third kappa shape index (κ3) is 4.53. The van der Waals surface area contributed by atoms with Crippen LogP contribution < -0.4 is 15.5 Å². The van der Waals surface area contributed by atoms with Crippen LogP contribution in [0, 0.1) is 12.8 Å². The first-order chi connectivity index (χ1) is 14.1. The Labute approximate surface area is 176 Å². The van der Waals surface area contributed by atoms with Gasteiger partial charge in [-0.15, -0.1) is 11.3 Å². The summed E-state index contributed by atoms with van der Waals surface area (Å²) in [4.78, 5) is 20.2. The highest BCUT2D eigenvalue weighted by Crippen LogP contribution is 2.34. The predicted octanol–water partition coefficient (Wildman–Crippen LogP) is 4.88. The van der Waals surface area contributed by atoms with E-state index in [1.807, 2.05) is 12.4 Å². The van der Waals surface area contributed by atoms with Crippen LogP contribution in [0.15, 0.2) is 48.8 Å². The van der Waals surface area contributed by atoms with E-state index in [4.69, 9.17) is 0 Å². The largest absolute Gasteiger partial charge is 0.371 e. The van der Waals surface area contributed by atoms with E-state index in [9.17, 15) is 4.79 Å². The molecule has 0 spiro atoms. The summed E-state index contributed by atoms with van der Waals surface area (Å²) >= 11 is 1.77. The Hall–Kier alpha value is -2.60. The number of fused-ring (bicyclic) bond motifs is 1. The van der Waals surface area contributed by atoms with Gasteiger partial charge in [0.2, 0.25) is 0 Å². The number of piperidine rings is 1. The van der Waals surface area contributed by atoms with Crippen molar-refractivity contribution >= 4 is 33.1 Å². The lowest BCUT2D eigenvalue weighted by molar-refractivity contribution is 0.234. The molecular weight excluding hydrogens is 380 g/mol. The number of hydrogen-bond donors (Lipinski definition) is 2. The summed E-state index contributed by atoms with van der Waals surface area (Å²) in [7, 11) is 0. The van der Waals surface area contributed by atoms with Crippen molar-refractivity contribution in [1.82, 2.24) is 15.6 Å². The molecule has 0 bridgehead atoms. The molecule has 0 aliphatic carbocycles. The fourth-order valence-electron chi connectivity index (χ4n) is 4.11. The molecule has 3 aromatic rings. The molecule has 1 aliphatic rings. The Bertz CT molecular complexity index is 963. The number of urea groups is 1. The average Bonchev–Trinajstić information content (AvgIpc) is 3.10. The molecule has 3 heterocycles. The third-order valence-electron chi connectivity index (χ3n) is 5.82. The van der Waals surface area contributed by atoms with E-state index < -0.39 is 0 Å². The number of amides is 2. The second-order valence-corrected chi connectivity index (χ2v) is 8.88. The van der Waals surface area contributed by atoms with Gasteiger partial charge in [-0.3, -0.25) is 4.98 Å². The van der Waals surface area contributed by atoms with Crippen LogP contribution in [0.5, 0.6) is 0 Å². The molecule has 0 saturated carbocycles. The number of benzene rings is 1. The van der Waals surface area contributed by atoms with Gasteiger partial charge in [0.25, 0.3) is 0 Å². The maximum atomic E-state index is 12.4. The highest BCUT2D eigenvalue weighted by atomic mass is 32.1. The lowest BCUT2D eigenvalue weighted by atomic mass is 9.96. The third-order valence-corrected chi connectivity index (χ3v) is 7.27. The van der Waals surface area contributed by atoms with Crippen molar-refractivity contribution in [3.05, 3.63) is 59.2 Å². The van der Waals surface area contributed by atoms with E-state index in [0.29, 0.717) is 5.92 Å². The van der Waals surface area contributed by atoms with Crippen LogP contribution in [0.3, 0.4) is 0 Å². The molecule has 4 rings (SSSR count). The van der Waals surface area contributed by atoms with E-state index in [0.717, 1.165) is 32.5 Å². The Balaban J connectivity index is 1.25. The van der Waals surface area contributed by atoms with Crippen molar-refractivity contribution in [2.75, 3.05) is 24.5 Å². The number of carbonyl (C=O) groups is 1. The summed E-state index contributed by atoms with van der Waals surface area (Å²) in [6.07, 6.45) is 5.86. The van der Waals surface area contributed by atoms with Crippen molar-refractivity contribution in [2.45, 2.75) is 32.7 Å². The number of pyridine rings is 1. The number of rotatable bonds is 5.